The van der Waals surface area contributed by atoms with Crippen LogP contribution in [0.15, 0.2) is 24.3 Å². The number of hydrogen-bond donors (Lipinski definition) is 0. The molecule has 158 valence electrons. The lowest BCUT2D eigenvalue weighted by atomic mass is 10.0. The Hall–Kier alpha value is -1.79. The van der Waals surface area contributed by atoms with Crippen LogP contribution in [0, 0.1) is 0 Å². The SMILES string of the molecule is CCN(CC)CC(c1ccccc1OC)N1CCN(C(=O)OC(C)(C)C)CC1. The zero-order valence-corrected chi connectivity index (χ0v) is 18.4. The lowest BCUT2D eigenvalue weighted by molar-refractivity contribution is 0.00803. The maximum absolute atomic E-state index is 12.4. The molecular weight excluding hydrogens is 354 g/mol. The fraction of sp³-hybridized carbons (Fsp3) is 0.682. The topological polar surface area (TPSA) is 45.2 Å². The number of para-hydroxylation sites is 1. The first-order valence-corrected chi connectivity index (χ1v) is 10.4. The minimum Gasteiger partial charge on any atom is -0.496 e. The predicted octanol–water partition coefficient (Wildman–Crippen LogP) is 3.63. The van der Waals surface area contributed by atoms with Crippen molar-refractivity contribution < 1.29 is 14.3 Å². The molecule has 1 saturated heterocycles. The van der Waals surface area contributed by atoms with E-state index in [2.05, 4.69) is 35.8 Å². The van der Waals surface area contributed by atoms with Gasteiger partial charge in [0.15, 0.2) is 0 Å². The number of carbonyl (C=O) groups excluding carboxylic acids is 1. The Balaban J connectivity index is 2.13. The zero-order valence-electron chi connectivity index (χ0n) is 18.4. The second-order valence-corrected chi connectivity index (χ2v) is 8.25. The molecule has 2 rings (SSSR count). The van der Waals surface area contributed by atoms with Gasteiger partial charge in [0.25, 0.3) is 0 Å². The Labute approximate surface area is 170 Å². The van der Waals surface area contributed by atoms with E-state index >= 15 is 0 Å². The highest BCUT2D eigenvalue weighted by Crippen LogP contribution is 2.31. The zero-order chi connectivity index (χ0) is 20.7. The summed E-state index contributed by atoms with van der Waals surface area (Å²) >= 11 is 0. The summed E-state index contributed by atoms with van der Waals surface area (Å²) in [6, 6.07) is 8.51. The summed E-state index contributed by atoms with van der Waals surface area (Å²) in [5, 5.41) is 0. The van der Waals surface area contributed by atoms with Crippen molar-refractivity contribution in [2.75, 3.05) is 52.9 Å². The van der Waals surface area contributed by atoms with E-state index < -0.39 is 5.60 Å². The van der Waals surface area contributed by atoms with Crippen LogP contribution in [0.5, 0.6) is 5.75 Å². The first kappa shape index (κ1) is 22.5. The minimum atomic E-state index is -0.461. The Bertz CT molecular complexity index is 618. The monoisotopic (exact) mass is 391 g/mol. The van der Waals surface area contributed by atoms with Crippen LogP contribution in [-0.2, 0) is 4.74 Å². The van der Waals surface area contributed by atoms with E-state index in [1.807, 2.05) is 37.8 Å². The number of likely N-dealkylation sites (N-methyl/N-ethyl adjacent to an activating group) is 1. The first-order valence-electron chi connectivity index (χ1n) is 10.4. The fourth-order valence-electron chi connectivity index (χ4n) is 3.62. The van der Waals surface area contributed by atoms with Gasteiger partial charge in [-0.3, -0.25) is 4.90 Å². The number of piperazine rings is 1. The van der Waals surface area contributed by atoms with E-state index in [1.165, 1.54) is 5.56 Å². The van der Waals surface area contributed by atoms with Crippen LogP contribution < -0.4 is 4.74 Å². The van der Waals surface area contributed by atoms with E-state index in [-0.39, 0.29) is 12.1 Å². The van der Waals surface area contributed by atoms with Crippen molar-refractivity contribution >= 4 is 6.09 Å². The van der Waals surface area contributed by atoms with E-state index in [0.717, 1.165) is 38.5 Å². The Morgan fingerprint density at radius 1 is 1.11 bits per heavy atom. The number of methoxy groups -OCH3 is 1. The number of rotatable bonds is 7. The molecular formula is C22H37N3O3. The molecule has 6 nitrogen and oxygen atoms in total. The summed E-state index contributed by atoms with van der Waals surface area (Å²) in [5.74, 6) is 0.925. The lowest BCUT2D eigenvalue weighted by Gasteiger charge is -2.41. The molecule has 1 fully saturated rings. The Morgan fingerprint density at radius 2 is 1.71 bits per heavy atom. The van der Waals surface area contributed by atoms with Crippen LogP contribution in [0.1, 0.15) is 46.2 Å². The van der Waals surface area contributed by atoms with E-state index in [4.69, 9.17) is 9.47 Å². The summed E-state index contributed by atoms with van der Waals surface area (Å²) in [4.78, 5) is 19.1. The molecule has 1 amide bonds. The summed E-state index contributed by atoms with van der Waals surface area (Å²) in [6.07, 6.45) is -0.218. The first-order chi connectivity index (χ1) is 13.3. The van der Waals surface area contributed by atoms with Gasteiger partial charge in [-0.15, -0.1) is 0 Å². The second kappa shape index (κ2) is 10.1. The van der Waals surface area contributed by atoms with Gasteiger partial charge in [-0.2, -0.15) is 0 Å². The van der Waals surface area contributed by atoms with Crippen LogP contribution in [0.3, 0.4) is 0 Å². The number of amides is 1. The van der Waals surface area contributed by atoms with Gasteiger partial charge in [0.05, 0.1) is 13.2 Å². The molecule has 1 aliphatic rings. The molecule has 0 bridgehead atoms. The Kier molecular flexibility index (Phi) is 8.13. The highest BCUT2D eigenvalue weighted by Gasteiger charge is 2.31. The van der Waals surface area contributed by atoms with Gasteiger partial charge < -0.3 is 19.3 Å². The van der Waals surface area contributed by atoms with Crippen LogP contribution >= 0.6 is 0 Å². The average molecular weight is 392 g/mol. The van der Waals surface area contributed by atoms with Crippen LogP contribution in [0.25, 0.3) is 0 Å². The summed E-state index contributed by atoms with van der Waals surface area (Å²) in [5.41, 5.74) is 0.749. The van der Waals surface area contributed by atoms with Crippen molar-refractivity contribution in [1.82, 2.24) is 14.7 Å². The van der Waals surface area contributed by atoms with Crippen LogP contribution in [0.4, 0.5) is 4.79 Å². The van der Waals surface area contributed by atoms with E-state index in [9.17, 15) is 4.79 Å². The van der Waals surface area contributed by atoms with E-state index in [1.54, 1.807) is 7.11 Å². The molecule has 0 aliphatic carbocycles. The van der Waals surface area contributed by atoms with Gasteiger partial charge in [-0.25, -0.2) is 4.79 Å². The second-order valence-electron chi connectivity index (χ2n) is 8.25. The standard InChI is InChI=1S/C22H37N3O3/c1-7-23(8-2)17-19(18-11-9-10-12-20(18)27-6)24-13-15-25(16-14-24)21(26)28-22(3,4)5/h9-12,19H,7-8,13-17H2,1-6H3. The summed E-state index contributed by atoms with van der Waals surface area (Å²) in [6.45, 7) is 16.1. The third-order valence-corrected chi connectivity index (χ3v) is 5.23. The highest BCUT2D eigenvalue weighted by molar-refractivity contribution is 5.68. The largest absolute Gasteiger partial charge is 0.496 e. The maximum Gasteiger partial charge on any atom is 0.410 e. The highest BCUT2D eigenvalue weighted by atomic mass is 16.6. The Morgan fingerprint density at radius 3 is 2.25 bits per heavy atom. The van der Waals surface area contributed by atoms with Gasteiger partial charge in [0.1, 0.15) is 11.4 Å². The molecule has 6 heteroatoms. The minimum absolute atomic E-state index is 0.218. The molecule has 0 aromatic heterocycles. The fourth-order valence-corrected chi connectivity index (χ4v) is 3.62. The van der Waals surface area contributed by atoms with Gasteiger partial charge in [0.2, 0.25) is 0 Å². The molecule has 0 saturated carbocycles. The van der Waals surface area contributed by atoms with Gasteiger partial charge in [-0.05, 0) is 39.9 Å². The number of ether oxygens (including phenoxy) is 2. The number of nitrogens with zero attached hydrogens (tertiary/aromatic N) is 3. The number of hydrogen-bond acceptors (Lipinski definition) is 5. The molecule has 1 heterocycles. The molecule has 1 aromatic carbocycles. The van der Waals surface area contributed by atoms with Crippen molar-refractivity contribution in [1.29, 1.82) is 0 Å². The van der Waals surface area contributed by atoms with Crippen molar-refractivity contribution in [3.05, 3.63) is 29.8 Å². The molecule has 0 radical (unpaired) electrons. The summed E-state index contributed by atoms with van der Waals surface area (Å²) in [7, 11) is 1.73. The van der Waals surface area contributed by atoms with Crippen molar-refractivity contribution in [3.8, 4) is 5.75 Å². The molecule has 1 aromatic rings. The molecule has 28 heavy (non-hydrogen) atoms. The molecule has 0 spiro atoms. The predicted molar refractivity (Wildman–Crippen MR) is 113 cm³/mol. The molecule has 1 aliphatic heterocycles. The normalized spacial score (nSPS) is 16.9. The molecule has 1 unspecified atom stereocenters. The third kappa shape index (κ3) is 6.11. The molecule has 1 atom stereocenters. The number of carbonyl (C=O) groups is 1. The van der Waals surface area contributed by atoms with Crippen molar-refractivity contribution in [2.45, 2.75) is 46.3 Å². The van der Waals surface area contributed by atoms with Gasteiger partial charge >= 0.3 is 6.09 Å². The van der Waals surface area contributed by atoms with Gasteiger partial charge in [-0.1, -0.05) is 32.0 Å². The van der Waals surface area contributed by atoms with E-state index in [0.29, 0.717) is 13.1 Å². The third-order valence-electron chi connectivity index (χ3n) is 5.23. The molecule has 0 N–H and O–H groups in total. The number of benzene rings is 1. The quantitative estimate of drug-likeness (QED) is 0.710. The smallest absolute Gasteiger partial charge is 0.410 e. The average Bonchev–Trinajstić information content (AvgIpc) is 2.68. The lowest BCUT2D eigenvalue weighted by Crippen LogP contribution is -2.52. The van der Waals surface area contributed by atoms with Crippen molar-refractivity contribution in [3.63, 3.8) is 0 Å². The summed E-state index contributed by atoms with van der Waals surface area (Å²) < 4.78 is 11.2. The van der Waals surface area contributed by atoms with Crippen LogP contribution in [-0.4, -0.2) is 79.3 Å². The van der Waals surface area contributed by atoms with Crippen LogP contribution in [0.2, 0.25) is 0 Å². The maximum atomic E-state index is 12.4. The van der Waals surface area contributed by atoms with Gasteiger partial charge in [0, 0.05) is 38.3 Å². The van der Waals surface area contributed by atoms with Crippen molar-refractivity contribution in [2.24, 2.45) is 0 Å².